The van der Waals surface area contributed by atoms with E-state index in [4.69, 9.17) is 9.84 Å². The summed E-state index contributed by atoms with van der Waals surface area (Å²) in [5.41, 5.74) is 1.09. The predicted octanol–water partition coefficient (Wildman–Crippen LogP) is 1.49. The van der Waals surface area contributed by atoms with Crippen LogP contribution in [0.1, 0.15) is 31.7 Å². The van der Waals surface area contributed by atoms with Gasteiger partial charge < -0.3 is 9.84 Å². The van der Waals surface area contributed by atoms with Crippen LogP contribution in [-0.2, 0) is 14.8 Å². The number of aliphatic hydroxyl groups excluding tert-OH is 1. The molecular weight excluding hydrogens is 278 g/mol. The molecular formula is C14H23NO4S. The van der Waals surface area contributed by atoms with Crippen molar-refractivity contribution in [2.24, 2.45) is 0 Å². The maximum atomic E-state index is 12.2. The first kappa shape index (κ1) is 17.1. The zero-order valence-electron chi connectivity index (χ0n) is 12.2. The second kappa shape index (κ2) is 7.73. The van der Waals surface area contributed by atoms with Crippen LogP contribution >= 0.6 is 0 Å². The minimum atomic E-state index is -3.59. The minimum absolute atomic E-state index is 0.0944. The number of ether oxygens (including phenoxy) is 1. The molecule has 0 aliphatic rings. The van der Waals surface area contributed by atoms with E-state index in [0.717, 1.165) is 5.56 Å². The lowest BCUT2D eigenvalue weighted by Crippen LogP contribution is -2.38. The van der Waals surface area contributed by atoms with Crippen molar-refractivity contribution in [1.82, 2.24) is 4.72 Å². The molecule has 0 bridgehead atoms. The summed E-state index contributed by atoms with van der Waals surface area (Å²) in [7, 11) is -2.09. The quantitative estimate of drug-likeness (QED) is 0.763. The molecule has 20 heavy (non-hydrogen) atoms. The Balaban J connectivity index is 2.86. The molecule has 0 aliphatic heterocycles. The summed E-state index contributed by atoms with van der Waals surface area (Å²) in [6.45, 7) is 4.24. The SMILES string of the molecule is COCC(CCO)NS(=O)(=O)c1ccc(C(C)C)cc1. The fourth-order valence-corrected chi connectivity index (χ4v) is 3.11. The summed E-state index contributed by atoms with van der Waals surface area (Å²) in [6, 6.07) is 6.40. The molecule has 1 rings (SSSR count). The van der Waals surface area contributed by atoms with Crippen LogP contribution in [0.2, 0.25) is 0 Å². The summed E-state index contributed by atoms with van der Waals surface area (Å²) in [4.78, 5) is 0.223. The first-order chi connectivity index (χ1) is 9.40. The monoisotopic (exact) mass is 301 g/mol. The Hall–Kier alpha value is -0.950. The summed E-state index contributed by atoms with van der Waals surface area (Å²) < 4.78 is 31.9. The van der Waals surface area contributed by atoms with Crippen molar-refractivity contribution in [3.8, 4) is 0 Å². The normalized spacial score (nSPS) is 13.7. The molecule has 5 nitrogen and oxygen atoms in total. The van der Waals surface area contributed by atoms with Gasteiger partial charge in [-0.2, -0.15) is 0 Å². The Morgan fingerprint density at radius 1 is 1.25 bits per heavy atom. The third-order valence-electron chi connectivity index (χ3n) is 3.02. The van der Waals surface area contributed by atoms with Gasteiger partial charge in [0, 0.05) is 19.8 Å². The first-order valence-electron chi connectivity index (χ1n) is 6.62. The average Bonchev–Trinajstić information content (AvgIpc) is 2.39. The maximum Gasteiger partial charge on any atom is 0.240 e. The fraction of sp³-hybridized carbons (Fsp3) is 0.571. The highest BCUT2D eigenvalue weighted by atomic mass is 32.2. The lowest BCUT2D eigenvalue weighted by molar-refractivity contribution is 0.158. The van der Waals surface area contributed by atoms with Crippen molar-refractivity contribution in [2.75, 3.05) is 20.3 Å². The highest BCUT2D eigenvalue weighted by molar-refractivity contribution is 7.89. The molecule has 0 aliphatic carbocycles. The van der Waals surface area contributed by atoms with E-state index in [0.29, 0.717) is 12.3 Å². The van der Waals surface area contributed by atoms with Gasteiger partial charge in [0.25, 0.3) is 0 Å². The van der Waals surface area contributed by atoms with E-state index in [1.165, 1.54) is 7.11 Å². The molecule has 1 unspecified atom stereocenters. The number of benzene rings is 1. The van der Waals surface area contributed by atoms with Gasteiger partial charge in [-0.1, -0.05) is 26.0 Å². The van der Waals surface area contributed by atoms with Crippen LogP contribution in [0.4, 0.5) is 0 Å². The Morgan fingerprint density at radius 3 is 2.30 bits per heavy atom. The van der Waals surface area contributed by atoms with Crippen molar-refractivity contribution in [2.45, 2.75) is 37.1 Å². The van der Waals surface area contributed by atoms with Crippen LogP contribution in [0.5, 0.6) is 0 Å². The van der Waals surface area contributed by atoms with Crippen molar-refractivity contribution >= 4 is 10.0 Å². The van der Waals surface area contributed by atoms with E-state index in [1.807, 2.05) is 12.1 Å². The molecule has 0 saturated carbocycles. The third-order valence-corrected chi connectivity index (χ3v) is 4.56. The number of rotatable bonds is 8. The molecule has 0 fully saturated rings. The molecule has 0 spiro atoms. The number of aliphatic hydroxyl groups is 1. The summed E-state index contributed by atoms with van der Waals surface area (Å²) >= 11 is 0. The van der Waals surface area contributed by atoms with Gasteiger partial charge in [-0.05, 0) is 30.0 Å². The number of sulfonamides is 1. The molecule has 1 atom stereocenters. The van der Waals surface area contributed by atoms with E-state index >= 15 is 0 Å². The Bertz CT molecular complexity index is 490. The van der Waals surface area contributed by atoms with E-state index in [1.54, 1.807) is 12.1 Å². The molecule has 1 aromatic carbocycles. The van der Waals surface area contributed by atoms with Crippen LogP contribution in [0.15, 0.2) is 29.2 Å². The molecule has 0 aromatic heterocycles. The largest absolute Gasteiger partial charge is 0.396 e. The van der Waals surface area contributed by atoms with Crippen LogP contribution in [0, 0.1) is 0 Å². The number of nitrogens with one attached hydrogen (secondary N) is 1. The summed E-state index contributed by atoms with van der Waals surface area (Å²) in [5, 5.41) is 8.94. The minimum Gasteiger partial charge on any atom is -0.396 e. The summed E-state index contributed by atoms with van der Waals surface area (Å²) in [5.74, 6) is 0.357. The lowest BCUT2D eigenvalue weighted by atomic mass is 10.0. The predicted molar refractivity (Wildman–Crippen MR) is 78.2 cm³/mol. The first-order valence-corrected chi connectivity index (χ1v) is 8.11. The third kappa shape index (κ3) is 4.86. The molecule has 0 radical (unpaired) electrons. The maximum absolute atomic E-state index is 12.2. The van der Waals surface area contributed by atoms with E-state index in [2.05, 4.69) is 18.6 Å². The number of methoxy groups -OCH3 is 1. The van der Waals surface area contributed by atoms with E-state index < -0.39 is 16.1 Å². The van der Waals surface area contributed by atoms with Gasteiger partial charge in [0.15, 0.2) is 0 Å². The highest BCUT2D eigenvalue weighted by Crippen LogP contribution is 2.17. The van der Waals surface area contributed by atoms with Gasteiger partial charge in [0.2, 0.25) is 10.0 Å². The lowest BCUT2D eigenvalue weighted by Gasteiger charge is -2.17. The van der Waals surface area contributed by atoms with Crippen LogP contribution in [0.25, 0.3) is 0 Å². The van der Waals surface area contributed by atoms with Crippen molar-refractivity contribution in [1.29, 1.82) is 0 Å². The van der Waals surface area contributed by atoms with Gasteiger partial charge in [-0.3, -0.25) is 0 Å². The van der Waals surface area contributed by atoms with Crippen LogP contribution in [0.3, 0.4) is 0 Å². The molecule has 0 saturated heterocycles. The molecule has 1 aromatic rings. The van der Waals surface area contributed by atoms with Gasteiger partial charge in [0.05, 0.1) is 11.5 Å². The molecule has 114 valence electrons. The smallest absolute Gasteiger partial charge is 0.240 e. The van der Waals surface area contributed by atoms with E-state index in [-0.39, 0.29) is 18.1 Å². The fourth-order valence-electron chi connectivity index (χ4n) is 1.85. The molecule has 0 heterocycles. The van der Waals surface area contributed by atoms with Gasteiger partial charge >= 0.3 is 0 Å². The zero-order chi connectivity index (χ0) is 15.2. The van der Waals surface area contributed by atoms with Crippen molar-refractivity contribution in [3.63, 3.8) is 0 Å². The van der Waals surface area contributed by atoms with Crippen molar-refractivity contribution in [3.05, 3.63) is 29.8 Å². The summed E-state index contributed by atoms with van der Waals surface area (Å²) in [6.07, 6.45) is 0.317. The van der Waals surface area contributed by atoms with Crippen LogP contribution < -0.4 is 4.72 Å². The zero-order valence-corrected chi connectivity index (χ0v) is 13.0. The van der Waals surface area contributed by atoms with Gasteiger partial charge in [-0.25, -0.2) is 13.1 Å². The topological polar surface area (TPSA) is 75.6 Å². The Morgan fingerprint density at radius 2 is 1.85 bits per heavy atom. The van der Waals surface area contributed by atoms with Gasteiger partial charge in [0.1, 0.15) is 0 Å². The Kier molecular flexibility index (Phi) is 6.61. The second-order valence-electron chi connectivity index (χ2n) is 5.01. The number of hydrogen-bond donors (Lipinski definition) is 2. The van der Waals surface area contributed by atoms with E-state index in [9.17, 15) is 8.42 Å². The number of hydrogen-bond acceptors (Lipinski definition) is 4. The standard InChI is InChI=1S/C14H23NO4S/c1-11(2)12-4-6-14(7-5-12)20(17,18)15-13(8-9-16)10-19-3/h4-7,11,13,15-16H,8-10H2,1-3H3. The van der Waals surface area contributed by atoms with Gasteiger partial charge in [-0.15, -0.1) is 0 Å². The molecule has 6 heteroatoms. The molecule has 0 amide bonds. The molecule has 2 N–H and O–H groups in total. The average molecular weight is 301 g/mol. The highest BCUT2D eigenvalue weighted by Gasteiger charge is 2.19. The Labute approximate surface area is 121 Å². The second-order valence-corrected chi connectivity index (χ2v) is 6.72. The van der Waals surface area contributed by atoms with Crippen molar-refractivity contribution < 1.29 is 18.3 Å². The van der Waals surface area contributed by atoms with Crippen LogP contribution in [-0.4, -0.2) is 39.9 Å².